The van der Waals surface area contributed by atoms with Crippen LogP contribution in [0.4, 0.5) is 5.69 Å². The van der Waals surface area contributed by atoms with Gasteiger partial charge in [0.25, 0.3) is 0 Å². The van der Waals surface area contributed by atoms with Crippen molar-refractivity contribution >= 4 is 15.7 Å². The van der Waals surface area contributed by atoms with Crippen molar-refractivity contribution in [1.29, 1.82) is 0 Å². The first-order chi connectivity index (χ1) is 9.42. The number of nitrogens with zero attached hydrogens (tertiary/aromatic N) is 1. The SMILES string of the molecule is CCC(CC)CN(CC)S(=O)(=O)Cc1ccc(N)cc1. The Morgan fingerprint density at radius 1 is 1.10 bits per heavy atom. The van der Waals surface area contributed by atoms with Crippen LogP contribution >= 0.6 is 0 Å². The highest BCUT2D eigenvalue weighted by atomic mass is 32.2. The molecule has 20 heavy (non-hydrogen) atoms. The molecule has 0 aliphatic rings. The van der Waals surface area contributed by atoms with E-state index in [9.17, 15) is 8.42 Å². The maximum Gasteiger partial charge on any atom is 0.218 e. The van der Waals surface area contributed by atoms with Crippen LogP contribution in [0.3, 0.4) is 0 Å². The molecule has 1 rings (SSSR count). The molecular formula is C15H26N2O2S. The Morgan fingerprint density at radius 3 is 2.10 bits per heavy atom. The van der Waals surface area contributed by atoms with Crippen LogP contribution in [0.15, 0.2) is 24.3 Å². The fourth-order valence-corrected chi connectivity index (χ4v) is 3.82. The zero-order valence-electron chi connectivity index (χ0n) is 12.7. The predicted molar refractivity (Wildman–Crippen MR) is 84.8 cm³/mol. The Bertz CT molecular complexity index is 493. The summed E-state index contributed by atoms with van der Waals surface area (Å²) < 4.78 is 26.6. The third-order valence-corrected chi connectivity index (χ3v) is 5.58. The lowest BCUT2D eigenvalue weighted by atomic mass is 10.0. The number of nitrogen functional groups attached to an aromatic ring is 1. The molecule has 0 spiro atoms. The summed E-state index contributed by atoms with van der Waals surface area (Å²) in [6, 6.07) is 7.03. The molecule has 0 heterocycles. The summed E-state index contributed by atoms with van der Waals surface area (Å²) in [5.74, 6) is 0.470. The molecule has 0 fully saturated rings. The summed E-state index contributed by atoms with van der Waals surface area (Å²) in [5.41, 5.74) is 7.05. The van der Waals surface area contributed by atoms with Crippen LogP contribution in [0.25, 0.3) is 0 Å². The van der Waals surface area contributed by atoms with Gasteiger partial charge in [-0.1, -0.05) is 45.7 Å². The third-order valence-electron chi connectivity index (χ3n) is 3.69. The minimum absolute atomic E-state index is 0.0429. The van der Waals surface area contributed by atoms with Crippen molar-refractivity contribution in [3.8, 4) is 0 Å². The molecule has 0 radical (unpaired) electrons. The number of hydrogen-bond donors (Lipinski definition) is 1. The average molecular weight is 298 g/mol. The lowest BCUT2D eigenvalue weighted by Gasteiger charge is -2.24. The van der Waals surface area contributed by atoms with E-state index in [-0.39, 0.29) is 5.75 Å². The predicted octanol–water partition coefficient (Wildman–Crippen LogP) is 2.86. The van der Waals surface area contributed by atoms with Gasteiger partial charge < -0.3 is 5.73 Å². The van der Waals surface area contributed by atoms with Crippen molar-refractivity contribution in [1.82, 2.24) is 4.31 Å². The molecule has 0 aromatic heterocycles. The van der Waals surface area contributed by atoms with E-state index in [4.69, 9.17) is 5.73 Å². The van der Waals surface area contributed by atoms with Crippen molar-refractivity contribution in [3.63, 3.8) is 0 Å². The standard InChI is InChI=1S/C15H26N2O2S/c1-4-13(5-2)11-17(6-3)20(18,19)12-14-7-9-15(16)10-8-14/h7-10,13H,4-6,11-12,16H2,1-3H3. The second kappa shape index (κ2) is 7.64. The van der Waals surface area contributed by atoms with Gasteiger partial charge in [-0.25, -0.2) is 12.7 Å². The molecule has 0 saturated heterocycles. The van der Waals surface area contributed by atoms with Gasteiger partial charge in [0.1, 0.15) is 0 Å². The zero-order valence-corrected chi connectivity index (χ0v) is 13.5. The highest BCUT2D eigenvalue weighted by Gasteiger charge is 2.23. The van der Waals surface area contributed by atoms with E-state index in [2.05, 4.69) is 13.8 Å². The summed E-state index contributed by atoms with van der Waals surface area (Å²) in [6.07, 6.45) is 2.01. The largest absolute Gasteiger partial charge is 0.399 e. The van der Waals surface area contributed by atoms with Crippen molar-refractivity contribution in [3.05, 3.63) is 29.8 Å². The third kappa shape index (κ3) is 4.80. The van der Waals surface area contributed by atoms with Crippen LogP contribution in [0.1, 0.15) is 39.2 Å². The van der Waals surface area contributed by atoms with Gasteiger partial charge in [-0.05, 0) is 23.6 Å². The fourth-order valence-electron chi connectivity index (χ4n) is 2.19. The number of anilines is 1. The van der Waals surface area contributed by atoms with Crippen LogP contribution in [0.5, 0.6) is 0 Å². The van der Waals surface area contributed by atoms with Gasteiger partial charge in [0.2, 0.25) is 10.0 Å². The van der Waals surface area contributed by atoms with Crippen LogP contribution < -0.4 is 5.73 Å². The van der Waals surface area contributed by atoms with E-state index >= 15 is 0 Å². The molecule has 1 aromatic rings. The van der Waals surface area contributed by atoms with E-state index in [0.717, 1.165) is 18.4 Å². The summed E-state index contributed by atoms with van der Waals surface area (Å²) in [6.45, 7) is 7.24. The van der Waals surface area contributed by atoms with Gasteiger partial charge in [0.05, 0.1) is 5.75 Å². The first-order valence-corrected chi connectivity index (χ1v) is 8.86. The molecule has 2 N–H and O–H groups in total. The molecular weight excluding hydrogens is 272 g/mol. The topological polar surface area (TPSA) is 63.4 Å². The molecule has 0 saturated carbocycles. The average Bonchev–Trinajstić information content (AvgIpc) is 2.42. The maximum absolute atomic E-state index is 12.5. The smallest absolute Gasteiger partial charge is 0.218 e. The molecule has 0 atom stereocenters. The molecule has 0 aliphatic carbocycles. The van der Waals surface area contributed by atoms with E-state index in [1.165, 1.54) is 0 Å². The summed E-state index contributed by atoms with van der Waals surface area (Å²) in [4.78, 5) is 0. The lowest BCUT2D eigenvalue weighted by molar-refractivity contribution is 0.339. The minimum atomic E-state index is -3.26. The minimum Gasteiger partial charge on any atom is -0.399 e. The Balaban J connectivity index is 2.81. The van der Waals surface area contributed by atoms with Gasteiger partial charge in [0, 0.05) is 18.8 Å². The van der Waals surface area contributed by atoms with Crippen LogP contribution in [-0.2, 0) is 15.8 Å². The number of rotatable bonds is 8. The van der Waals surface area contributed by atoms with Gasteiger partial charge in [-0.15, -0.1) is 0 Å². The van der Waals surface area contributed by atoms with Gasteiger partial charge in [-0.3, -0.25) is 0 Å². The molecule has 0 aliphatic heterocycles. The normalized spacial score (nSPS) is 12.2. The second-order valence-corrected chi connectivity index (χ2v) is 7.10. The summed E-state index contributed by atoms with van der Waals surface area (Å²) in [5, 5.41) is 0. The molecule has 0 unspecified atom stereocenters. The quantitative estimate of drug-likeness (QED) is 0.751. The lowest BCUT2D eigenvalue weighted by Crippen LogP contribution is -2.35. The highest BCUT2D eigenvalue weighted by Crippen LogP contribution is 2.17. The van der Waals surface area contributed by atoms with Crippen molar-refractivity contribution < 1.29 is 8.42 Å². The van der Waals surface area contributed by atoms with Crippen molar-refractivity contribution in [2.75, 3.05) is 18.8 Å². The molecule has 4 nitrogen and oxygen atoms in total. The molecule has 1 aromatic carbocycles. The van der Waals surface area contributed by atoms with Gasteiger partial charge >= 0.3 is 0 Å². The van der Waals surface area contributed by atoms with E-state index in [0.29, 0.717) is 24.7 Å². The molecule has 5 heteroatoms. The van der Waals surface area contributed by atoms with Crippen LogP contribution in [-0.4, -0.2) is 25.8 Å². The Morgan fingerprint density at radius 2 is 1.65 bits per heavy atom. The first-order valence-electron chi connectivity index (χ1n) is 7.25. The molecule has 0 amide bonds. The van der Waals surface area contributed by atoms with Gasteiger partial charge in [0.15, 0.2) is 0 Å². The van der Waals surface area contributed by atoms with Crippen LogP contribution in [0.2, 0.25) is 0 Å². The van der Waals surface area contributed by atoms with E-state index < -0.39 is 10.0 Å². The second-order valence-electron chi connectivity index (χ2n) is 5.13. The molecule has 114 valence electrons. The Labute approximate surface area is 123 Å². The number of benzene rings is 1. The van der Waals surface area contributed by atoms with E-state index in [1.807, 2.05) is 6.92 Å². The highest BCUT2D eigenvalue weighted by molar-refractivity contribution is 7.88. The monoisotopic (exact) mass is 298 g/mol. The number of sulfonamides is 1. The van der Waals surface area contributed by atoms with Crippen molar-refractivity contribution in [2.45, 2.75) is 39.4 Å². The zero-order chi connectivity index (χ0) is 15.2. The fraction of sp³-hybridized carbons (Fsp3) is 0.600. The maximum atomic E-state index is 12.5. The summed E-state index contributed by atoms with van der Waals surface area (Å²) in [7, 11) is -3.26. The van der Waals surface area contributed by atoms with Crippen molar-refractivity contribution in [2.24, 2.45) is 5.92 Å². The van der Waals surface area contributed by atoms with Gasteiger partial charge in [-0.2, -0.15) is 0 Å². The Hall–Kier alpha value is -1.07. The first kappa shape index (κ1) is 17.0. The van der Waals surface area contributed by atoms with Crippen LogP contribution in [0, 0.1) is 5.92 Å². The number of nitrogens with two attached hydrogens (primary N) is 1. The summed E-state index contributed by atoms with van der Waals surface area (Å²) >= 11 is 0. The number of hydrogen-bond acceptors (Lipinski definition) is 3. The molecule has 0 bridgehead atoms. The van der Waals surface area contributed by atoms with E-state index in [1.54, 1.807) is 28.6 Å². The Kier molecular flexibility index (Phi) is 6.49.